The Morgan fingerprint density at radius 2 is 1.92 bits per heavy atom. The lowest BCUT2D eigenvalue weighted by Gasteiger charge is -2.11. The van der Waals surface area contributed by atoms with Crippen LogP contribution < -0.4 is 10.9 Å². The van der Waals surface area contributed by atoms with Crippen LogP contribution in [0.5, 0.6) is 0 Å². The van der Waals surface area contributed by atoms with Crippen molar-refractivity contribution < 1.29 is 4.79 Å². The van der Waals surface area contributed by atoms with Crippen molar-refractivity contribution in [1.29, 1.82) is 0 Å². The van der Waals surface area contributed by atoms with Gasteiger partial charge in [0.15, 0.2) is 5.69 Å². The summed E-state index contributed by atoms with van der Waals surface area (Å²) in [6.07, 6.45) is 0.746. The van der Waals surface area contributed by atoms with E-state index in [9.17, 15) is 9.59 Å². The summed E-state index contributed by atoms with van der Waals surface area (Å²) in [4.78, 5) is 25.3. The molecule has 25 heavy (non-hydrogen) atoms. The first-order chi connectivity index (χ1) is 12.0. The molecule has 0 aliphatic rings. The van der Waals surface area contributed by atoms with E-state index < -0.39 is 5.91 Å². The van der Waals surface area contributed by atoms with E-state index in [0.29, 0.717) is 28.0 Å². The molecule has 0 aliphatic heterocycles. The minimum absolute atomic E-state index is 0.192. The van der Waals surface area contributed by atoms with E-state index >= 15 is 0 Å². The van der Waals surface area contributed by atoms with Gasteiger partial charge in [-0.15, -0.1) is 0 Å². The predicted molar refractivity (Wildman–Crippen MR) is 100 cm³/mol. The molecule has 0 radical (unpaired) electrons. The first-order valence-corrected chi connectivity index (χ1v) is 8.46. The van der Waals surface area contributed by atoms with Gasteiger partial charge in [-0.05, 0) is 37.1 Å². The summed E-state index contributed by atoms with van der Waals surface area (Å²) in [7, 11) is 0. The molecule has 0 atom stereocenters. The highest BCUT2D eigenvalue weighted by molar-refractivity contribution is 6.34. The average molecular weight is 356 g/mol. The van der Waals surface area contributed by atoms with Gasteiger partial charge >= 0.3 is 0 Å². The molecule has 0 saturated heterocycles. The Morgan fingerprint density at radius 1 is 1.20 bits per heavy atom. The number of rotatable bonds is 4. The number of carbonyl (C=O) groups excluding carboxylic acids is 1. The van der Waals surface area contributed by atoms with E-state index in [0.717, 1.165) is 12.0 Å². The minimum atomic E-state index is -0.396. The molecule has 3 aromatic rings. The summed E-state index contributed by atoms with van der Waals surface area (Å²) < 4.78 is 1.34. The molecule has 128 valence electrons. The predicted octanol–water partition coefficient (Wildman–Crippen LogP) is 4.02. The highest BCUT2D eigenvalue weighted by atomic mass is 35.5. The van der Waals surface area contributed by atoms with Crippen LogP contribution in [0.4, 0.5) is 5.69 Å². The van der Waals surface area contributed by atoms with E-state index in [1.165, 1.54) is 4.68 Å². The lowest BCUT2D eigenvalue weighted by Crippen LogP contribution is -2.27. The van der Waals surface area contributed by atoms with E-state index in [1.807, 2.05) is 19.9 Å². The fraction of sp³-hybridized carbons (Fsp3) is 0.211. The Morgan fingerprint density at radius 3 is 2.60 bits per heavy atom. The van der Waals surface area contributed by atoms with Crippen molar-refractivity contribution in [3.63, 3.8) is 0 Å². The molecular weight excluding hydrogens is 338 g/mol. The van der Waals surface area contributed by atoms with Crippen molar-refractivity contribution in [2.75, 3.05) is 5.32 Å². The first-order valence-electron chi connectivity index (χ1n) is 8.08. The van der Waals surface area contributed by atoms with Gasteiger partial charge in [0, 0.05) is 11.9 Å². The zero-order valence-corrected chi connectivity index (χ0v) is 14.8. The Kier molecular flexibility index (Phi) is 4.86. The van der Waals surface area contributed by atoms with Crippen LogP contribution in [0.15, 0.2) is 47.3 Å². The Bertz CT molecular complexity index is 1010. The highest BCUT2D eigenvalue weighted by Gasteiger charge is 2.17. The van der Waals surface area contributed by atoms with Crippen LogP contribution in [0, 0.1) is 6.92 Å². The van der Waals surface area contributed by atoms with Gasteiger partial charge in [-0.2, -0.15) is 5.10 Å². The highest BCUT2D eigenvalue weighted by Crippen LogP contribution is 2.24. The topological polar surface area (TPSA) is 64.0 Å². The number of nitrogens with zero attached hydrogens (tertiary/aromatic N) is 2. The van der Waals surface area contributed by atoms with Gasteiger partial charge in [-0.3, -0.25) is 9.59 Å². The average Bonchev–Trinajstić information content (AvgIpc) is 2.60. The molecule has 2 aromatic carbocycles. The number of amides is 1. The molecule has 0 spiro atoms. The van der Waals surface area contributed by atoms with Crippen molar-refractivity contribution in [3.05, 3.63) is 69.1 Å². The van der Waals surface area contributed by atoms with Crippen molar-refractivity contribution in [1.82, 2.24) is 9.78 Å². The Hall–Kier alpha value is -2.66. The number of hydrogen-bond donors (Lipinski definition) is 1. The molecule has 0 bridgehead atoms. The van der Waals surface area contributed by atoms with Crippen LogP contribution in [0.3, 0.4) is 0 Å². The zero-order chi connectivity index (χ0) is 18.0. The monoisotopic (exact) mass is 355 g/mol. The third kappa shape index (κ3) is 3.42. The largest absolute Gasteiger partial charge is 0.319 e. The molecule has 0 saturated carbocycles. The van der Waals surface area contributed by atoms with Crippen LogP contribution in [0.2, 0.25) is 5.02 Å². The third-order valence-electron chi connectivity index (χ3n) is 3.89. The smallest absolute Gasteiger partial charge is 0.276 e. The molecule has 3 rings (SSSR count). The van der Waals surface area contributed by atoms with Crippen LogP contribution in [0.1, 0.15) is 29.4 Å². The first kappa shape index (κ1) is 17.2. The summed E-state index contributed by atoms with van der Waals surface area (Å²) in [5.41, 5.74) is 1.53. The fourth-order valence-corrected chi connectivity index (χ4v) is 2.95. The van der Waals surface area contributed by atoms with Crippen molar-refractivity contribution in [2.45, 2.75) is 26.8 Å². The van der Waals surface area contributed by atoms with Crippen molar-refractivity contribution in [3.8, 4) is 0 Å². The summed E-state index contributed by atoms with van der Waals surface area (Å²) in [6.45, 7) is 4.33. The fourth-order valence-electron chi connectivity index (χ4n) is 2.67. The van der Waals surface area contributed by atoms with Crippen molar-refractivity contribution in [2.24, 2.45) is 0 Å². The van der Waals surface area contributed by atoms with Crippen LogP contribution >= 0.6 is 11.6 Å². The molecule has 1 N–H and O–H groups in total. The number of nitrogens with one attached hydrogen (secondary N) is 1. The van der Waals surface area contributed by atoms with Gasteiger partial charge in [-0.25, -0.2) is 4.68 Å². The SMILES string of the molecule is CCCn1nc(C(=O)Nc2ccc(C)cc2Cl)c2ccccc2c1=O. The van der Waals surface area contributed by atoms with Gasteiger partial charge in [0.2, 0.25) is 0 Å². The summed E-state index contributed by atoms with van der Waals surface area (Å²) >= 11 is 6.20. The Balaban J connectivity index is 2.09. The van der Waals surface area contributed by atoms with Crippen molar-refractivity contribution >= 4 is 34.0 Å². The van der Waals surface area contributed by atoms with E-state index in [-0.39, 0.29) is 11.3 Å². The Labute approximate surface area is 150 Å². The normalized spacial score (nSPS) is 10.8. The van der Waals surface area contributed by atoms with Gasteiger partial charge in [0.1, 0.15) is 0 Å². The molecular formula is C19H18ClN3O2. The molecule has 1 aromatic heterocycles. The van der Waals surface area contributed by atoms with E-state index in [1.54, 1.807) is 36.4 Å². The molecule has 1 heterocycles. The second kappa shape index (κ2) is 7.07. The van der Waals surface area contributed by atoms with Crippen LogP contribution in [-0.2, 0) is 6.54 Å². The number of aromatic nitrogens is 2. The number of benzene rings is 2. The quantitative estimate of drug-likeness (QED) is 0.768. The van der Waals surface area contributed by atoms with Crippen LogP contribution in [0.25, 0.3) is 10.8 Å². The molecule has 0 fully saturated rings. The lowest BCUT2D eigenvalue weighted by atomic mass is 10.1. The molecule has 0 unspecified atom stereocenters. The number of halogens is 1. The van der Waals surface area contributed by atoms with Gasteiger partial charge in [0.05, 0.1) is 16.1 Å². The molecule has 6 heteroatoms. The zero-order valence-electron chi connectivity index (χ0n) is 14.0. The summed E-state index contributed by atoms with van der Waals surface area (Å²) in [6, 6.07) is 12.4. The number of fused-ring (bicyclic) bond motifs is 1. The number of aryl methyl sites for hydroxylation is 2. The number of hydrogen-bond acceptors (Lipinski definition) is 3. The molecule has 5 nitrogen and oxygen atoms in total. The second-order valence-electron chi connectivity index (χ2n) is 5.86. The molecule has 0 aliphatic carbocycles. The van der Waals surface area contributed by atoms with Crippen LogP contribution in [-0.4, -0.2) is 15.7 Å². The number of anilines is 1. The minimum Gasteiger partial charge on any atom is -0.319 e. The molecule has 1 amide bonds. The lowest BCUT2D eigenvalue weighted by molar-refractivity contribution is 0.102. The third-order valence-corrected chi connectivity index (χ3v) is 4.20. The van der Waals surface area contributed by atoms with E-state index in [4.69, 9.17) is 11.6 Å². The standard InChI is InChI=1S/C19H18ClN3O2/c1-3-10-23-19(25)14-7-5-4-6-13(14)17(22-23)18(24)21-16-9-8-12(2)11-15(16)20/h4-9,11H,3,10H2,1-2H3,(H,21,24). The van der Waals surface area contributed by atoms with E-state index in [2.05, 4.69) is 10.4 Å². The van der Waals surface area contributed by atoms with Gasteiger partial charge in [0.25, 0.3) is 11.5 Å². The van der Waals surface area contributed by atoms with Gasteiger partial charge < -0.3 is 5.32 Å². The second-order valence-corrected chi connectivity index (χ2v) is 6.27. The number of carbonyl (C=O) groups is 1. The summed E-state index contributed by atoms with van der Waals surface area (Å²) in [5.74, 6) is -0.396. The summed E-state index contributed by atoms with van der Waals surface area (Å²) in [5, 5.41) is 8.53. The maximum Gasteiger partial charge on any atom is 0.276 e. The maximum atomic E-state index is 12.8. The van der Waals surface area contributed by atoms with Gasteiger partial charge in [-0.1, -0.05) is 42.8 Å². The maximum absolute atomic E-state index is 12.8.